The molecule has 2 heterocycles. The van der Waals surface area contributed by atoms with Crippen molar-refractivity contribution in [1.29, 1.82) is 0 Å². The molecule has 1 fully saturated rings. The molecule has 1 saturated heterocycles. The van der Waals surface area contributed by atoms with E-state index >= 15 is 0 Å². The molecule has 0 N–H and O–H groups in total. The van der Waals surface area contributed by atoms with Crippen LogP contribution in [0.4, 0.5) is 4.39 Å². The molecular formula is C12H16ClFN2O. The van der Waals surface area contributed by atoms with E-state index in [0.717, 1.165) is 19.6 Å². The summed E-state index contributed by atoms with van der Waals surface area (Å²) in [6.07, 6.45) is 5.19. The highest BCUT2D eigenvalue weighted by Crippen LogP contribution is 2.17. The summed E-state index contributed by atoms with van der Waals surface area (Å²) in [5.41, 5.74) is 0. The fourth-order valence-corrected chi connectivity index (χ4v) is 2.11. The van der Waals surface area contributed by atoms with Crippen LogP contribution in [0.5, 0.6) is 5.88 Å². The molecule has 2 rings (SSSR count). The van der Waals surface area contributed by atoms with Crippen LogP contribution in [0.25, 0.3) is 0 Å². The van der Waals surface area contributed by atoms with Gasteiger partial charge in [0.2, 0.25) is 0 Å². The van der Waals surface area contributed by atoms with Crippen molar-refractivity contribution in [3.63, 3.8) is 0 Å². The highest BCUT2D eigenvalue weighted by molar-refractivity contribution is 6.30. The first-order valence-electron chi connectivity index (χ1n) is 5.92. The average Bonchev–Trinajstić information content (AvgIpc) is 2.33. The van der Waals surface area contributed by atoms with Gasteiger partial charge in [0.15, 0.2) is 5.82 Å². The monoisotopic (exact) mass is 258 g/mol. The molecule has 3 nitrogen and oxygen atoms in total. The molecule has 0 spiro atoms. The van der Waals surface area contributed by atoms with Crippen molar-refractivity contribution in [2.24, 2.45) is 0 Å². The maximum absolute atomic E-state index is 13.3. The topological polar surface area (TPSA) is 25.4 Å². The summed E-state index contributed by atoms with van der Waals surface area (Å²) < 4.78 is 18.6. The normalized spacial score (nSPS) is 17.1. The maximum Gasteiger partial charge on any atom is 0.250 e. The first-order chi connectivity index (χ1) is 8.25. The largest absolute Gasteiger partial charge is 0.474 e. The van der Waals surface area contributed by atoms with E-state index in [2.05, 4.69) is 9.88 Å². The van der Waals surface area contributed by atoms with Gasteiger partial charge in [0.1, 0.15) is 6.61 Å². The Hall–Kier alpha value is -0.870. The van der Waals surface area contributed by atoms with Gasteiger partial charge in [-0.2, -0.15) is 0 Å². The summed E-state index contributed by atoms with van der Waals surface area (Å²) in [7, 11) is 0. The molecule has 0 aliphatic carbocycles. The average molecular weight is 259 g/mol. The fraction of sp³-hybridized carbons (Fsp3) is 0.583. The predicted octanol–water partition coefficient (Wildman–Crippen LogP) is 2.74. The fourth-order valence-electron chi connectivity index (χ4n) is 1.96. The number of piperidine rings is 1. The summed E-state index contributed by atoms with van der Waals surface area (Å²) in [4.78, 5) is 6.14. The van der Waals surface area contributed by atoms with Gasteiger partial charge in [-0.1, -0.05) is 18.0 Å². The van der Waals surface area contributed by atoms with Gasteiger partial charge >= 0.3 is 0 Å². The van der Waals surface area contributed by atoms with Crippen LogP contribution >= 0.6 is 11.6 Å². The summed E-state index contributed by atoms with van der Waals surface area (Å²) >= 11 is 5.61. The predicted molar refractivity (Wildman–Crippen MR) is 65.0 cm³/mol. The summed E-state index contributed by atoms with van der Waals surface area (Å²) in [5.74, 6) is -0.470. The molecule has 94 valence electrons. The lowest BCUT2D eigenvalue weighted by Gasteiger charge is -2.26. The first-order valence-corrected chi connectivity index (χ1v) is 6.30. The van der Waals surface area contributed by atoms with Crippen LogP contribution in [-0.4, -0.2) is 36.1 Å². The third kappa shape index (κ3) is 3.82. The number of halogens is 2. The number of pyridine rings is 1. The Morgan fingerprint density at radius 1 is 1.35 bits per heavy atom. The van der Waals surface area contributed by atoms with Crippen LogP contribution in [0.15, 0.2) is 12.3 Å². The minimum atomic E-state index is -0.504. The maximum atomic E-state index is 13.3. The van der Waals surface area contributed by atoms with E-state index in [4.69, 9.17) is 16.3 Å². The molecule has 1 aromatic heterocycles. The number of rotatable bonds is 4. The van der Waals surface area contributed by atoms with E-state index in [1.165, 1.54) is 31.5 Å². The molecule has 1 aliphatic heterocycles. The number of hydrogen-bond donors (Lipinski definition) is 0. The van der Waals surface area contributed by atoms with Crippen molar-refractivity contribution >= 4 is 11.6 Å². The van der Waals surface area contributed by atoms with E-state index in [9.17, 15) is 4.39 Å². The van der Waals surface area contributed by atoms with E-state index in [-0.39, 0.29) is 10.9 Å². The number of aromatic nitrogens is 1. The van der Waals surface area contributed by atoms with Crippen molar-refractivity contribution in [2.45, 2.75) is 19.3 Å². The molecule has 0 unspecified atom stereocenters. The molecule has 0 bridgehead atoms. The minimum absolute atomic E-state index is 0.0337. The molecule has 17 heavy (non-hydrogen) atoms. The van der Waals surface area contributed by atoms with Crippen LogP contribution in [-0.2, 0) is 0 Å². The highest BCUT2D eigenvalue weighted by Gasteiger charge is 2.11. The van der Waals surface area contributed by atoms with Gasteiger partial charge in [-0.15, -0.1) is 0 Å². The van der Waals surface area contributed by atoms with E-state index in [1.807, 2.05) is 0 Å². The van der Waals surface area contributed by atoms with E-state index in [0.29, 0.717) is 6.61 Å². The van der Waals surface area contributed by atoms with E-state index in [1.54, 1.807) is 0 Å². The Morgan fingerprint density at radius 2 is 2.12 bits per heavy atom. The van der Waals surface area contributed by atoms with Crippen molar-refractivity contribution in [3.8, 4) is 5.88 Å². The molecular weight excluding hydrogens is 243 g/mol. The number of hydrogen-bond acceptors (Lipinski definition) is 3. The van der Waals surface area contributed by atoms with Crippen LogP contribution in [0.3, 0.4) is 0 Å². The Morgan fingerprint density at radius 3 is 2.82 bits per heavy atom. The zero-order chi connectivity index (χ0) is 12.1. The molecule has 1 aromatic rings. The second-order valence-corrected chi connectivity index (χ2v) is 4.63. The van der Waals surface area contributed by atoms with Crippen LogP contribution < -0.4 is 4.74 Å². The van der Waals surface area contributed by atoms with Gasteiger partial charge in [-0.05, 0) is 32.0 Å². The second kappa shape index (κ2) is 6.17. The van der Waals surface area contributed by atoms with Crippen LogP contribution in [0, 0.1) is 5.82 Å². The Balaban J connectivity index is 1.77. The van der Waals surface area contributed by atoms with Gasteiger partial charge in [-0.25, -0.2) is 9.37 Å². The van der Waals surface area contributed by atoms with Crippen LogP contribution in [0.2, 0.25) is 5.02 Å². The number of nitrogens with zero attached hydrogens (tertiary/aromatic N) is 2. The Labute approximate surface area is 106 Å². The van der Waals surface area contributed by atoms with Crippen molar-refractivity contribution in [2.75, 3.05) is 26.2 Å². The molecule has 5 heteroatoms. The zero-order valence-electron chi connectivity index (χ0n) is 9.66. The third-order valence-corrected chi connectivity index (χ3v) is 3.08. The molecule has 0 atom stereocenters. The summed E-state index contributed by atoms with van der Waals surface area (Å²) in [5, 5.41) is 0.283. The molecule has 0 saturated carbocycles. The molecule has 1 aliphatic rings. The van der Waals surface area contributed by atoms with Gasteiger partial charge in [0, 0.05) is 12.7 Å². The quantitative estimate of drug-likeness (QED) is 0.830. The lowest BCUT2D eigenvalue weighted by atomic mass is 10.1. The second-order valence-electron chi connectivity index (χ2n) is 4.19. The van der Waals surface area contributed by atoms with Gasteiger partial charge in [0.25, 0.3) is 5.88 Å². The minimum Gasteiger partial charge on any atom is -0.474 e. The summed E-state index contributed by atoms with van der Waals surface area (Å²) in [6.45, 7) is 3.51. The van der Waals surface area contributed by atoms with Crippen molar-refractivity contribution in [1.82, 2.24) is 9.88 Å². The molecule has 0 aromatic carbocycles. The first kappa shape index (κ1) is 12.6. The highest BCUT2D eigenvalue weighted by atomic mass is 35.5. The Bertz CT molecular complexity index is 370. The molecule has 0 radical (unpaired) electrons. The smallest absolute Gasteiger partial charge is 0.250 e. The van der Waals surface area contributed by atoms with Gasteiger partial charge in [-0.3, -0.25) is 4.90 Å². The third-order valence-electron chi connectivity index (χ3n) is 2.87. The molecule has 0 amide bonds. The SMILES string of the molecule is Fc1cc(Cl)cnc1OCCN1CCCCC1. The van der Waals surface area contributed by atoms with Crippen molar-refractivity contribution < 1.29 is 9.13 Å². The lowest BCUT2D eigenvalue weighted by molar-refractivity contribution is 0.177. The van der Waals surface area contributed by atoms with Crippen molar-refractivity contribution in [3.05, 3.63) is 23.1 Å². The standard InChI is InChI=1S/C12H16ClFN2O/c13-10-8-11(14)12(15-9-10)17-7-6-16-4-2-1-3-5-16/h8-9H,1-7H2. The van der Waals surface area contributed by atoms with Gasteiger partial charge < -0.3 is 4.74 Å². The van der Waals surface area contributed by atoms with E-state index < -0.39 is 5.82 Å². The van der Waals surface area contributed by atoms with Gasteiger partial charge in [0.05, 0.1) is 5.02 Å². The number of ether oxygens (including phenoxy) is 1. The number of likely N-dealkylation sites (tertiary alicyclic amines) is 1. The summed E-state index contributed by atoms with van der Waals surface area (Å²) in [6, 6.07) is 1.21. The zero-order valence-corrected chi connectivity index (χ0v) is 10.4. The Kier molecular flexibility index (Phi) is 4.57. The lowest BCUT2D eigenvalue weighted by Crippen LogP contribution is -2.33. The van der Waals surface area contributed by atoms with Crippen LogP contribution in [0.1, 0.15) is 19.3 Å².